The SMILES string of the molecule is N#C/C(=C/NCc1ccc(C(=O)O)cc1)C(=O)Nc1ccc(Cl)cc1. The Labute approximate surface area is 149 Å². The molecule has 6 nitrogen and oxygen atoms in total. The Kier molecular flexibility index (Phi) is 6.15. The van der Waals surface area contributed by atoms with E-state index in [1.807, 2.05) is 6.07 Å². The average Bonchev–Trinajstić information content (AvgIpc) is 2.61. The number of anilines is 1. The maximum atomic E-state index is 12.1. The molecule has 0 unspecified atom stereocenters. The van der Waals surface area contributed by atoms with Gasteiger partial charge in [-0.1, -0.05) is 23.7 Å². The summed E-state index contributed by atoms with van der Waals surface area (Å²) in [5.41, 5.74) is 1.45. The number of hydrogen-bond donors (Lipinski definition) is 3. The number of hydrogen-bond acceptors (Lipinski definition) is 4. The summed E-state index contributed by atoms with van der Waals surface area (Å²) < 4.78 is 0. The quantitative estimate of drug-likeness (QED) is 0.545. The Morgan fingerprint density at radius 2 is 1.76 bits per heavy atom. The first-order valence-electron chi connectivity index (χ1n) is 7.22. The monoisotopic (exact) mass is 355 g/mol. The third kappa shape index (κ3) is 5.37. The van der Waals surface area contributed by atoms with Crippen molar-refractivity contribution in [3.8, 4) is 6.07 Å². The number of benzene rings is 2. The number of carbonyl (C=O) groups excluding carboxylic acids is 1. The Morgan fingerprint density at radius 1 is 1.12 bits per heavy atom. The highest BCUT2D eigenvalue weighted by atomic mass is 35.5. The molecule has 0 aliphatic rings. The van der Waals surface area contributed by atoms with Crippen molar-refractivity contribution in [3.63, 3.8) is 0 Å². The van der Waals surface area contributed by atoms with Gasteiger partial charge in [0.25, 0.3) is 5.91 Å². The zero-order valence-electron chi connectivity index (χ0n) is 13.0. The third-order valence-corrected chi connectivity index (χ3v) is 3.47. The van der Waals surface area contributed by atoms with Crippen LogP contribution in [-0.4, -0.2) is 17.0 Å². The van der Waals surface area contributed by atoms with Gasteiger partial charge in [-0.3, -0.25) is 4.79 Å². The molecule has 0 aliphatic heterocycles. The van der Waals surface area contributed by atoms with Crippen LogP contribution in [0.25, 0.3) is 0 Å². The fraction of sp³-hybridized carbons (Fsp3) is 0.0556. The number of rotatable bonds is 6. The van der Waals surface area contributed by atoms with Crippen molar-refractivity contribution in [2.45, 2.75) is 6.54 Å². The van der Waals surface area contributed by atoms with Gasteiger partial charge in [0, 0.05) is 23.5 Å². The molecule has 0 atom stereocenters. The predicted molar refractivity (Wildman–Crippen MR) is 94.0 cm³/mol. The average molecular weight is 356 g/mol. The van der Waals surface area contributed by atoms with E-state index in [0.717, 1.165) is 5.56 Å². The molecule has 0 aliphatic carbocycles. The van der Waals surface area contributed by atoms with E-state index < -0.39 is 11.9 Å². The molecule has 0 radical (unpaired) electrons. The van der Waals surface area contributed by atoms with Crippen LogP contribution in [0.3, 0.4) is 0 Å². The van der Waals surface area contributed by atoms with Crippen molar-refractivity contribution in [2.75, 3.05) is 5.32 Å². The Balaban J connectivity index is 1.95. The van der Waals surface area contributed by atoms with Crippen LogP contribution in [0, 0.1) is 11.3 Å². The molecule has 3 N–H and O–H groups in total. The molecule has 0 saturated heterocycles. The van der Waals surface area contributed by atoms with E-state index in [9.17, 15) is 9.59 Å². The smallest absolute Gasteiger partial charge is 0.335 e. The van der Waals surface area contributed by atoms with Crippen molar-refractivity contribution in [2.24, 2.45) is 0 Å². The topological polar surface area (TPSA) is 102 Å². The molecule has 2 aromatic carbocycles. The van der Waals surface area contributed by atoms with E-state index in [1.54, 1.807) is 36.4 Å². The molecule has 25 heavy (non-hydrogen) atoms. The summed E-state index contributed by atoms with van der Waals surface area (Å²) >= 11 is 5.77. The molecule has 2 aromatic rings. The number of carboxylic acid groups (broad SMARTS) is 1. The molecular weight excluding hydrogens is 342 g/mol. The van der Waals surface area contributed by atoms with Gasteiger partial charge >= 0.3 is 5.97 Å². The first-order valence-corrected chi connectivity index (χ1v) is 7.60. The molecule has 0 bridgehead atoms. The summed E-state index contributed by atoms with van der Waals surface area (Å²) in [7, 11) is 0. The minimum Gasteiger partial charge on any atom is -0.478 e. The summed E-state index contributed by atoms with van der Waals surface area (Å²) in [4.78, 5) is 22.8. The first-order chi connectivity index (χ1) is 12.0. The van der Waals surface area contributed by atoms with Gasteiger partial charge in [0.1, 0.15) is 11.6 Å². The Bertz CT molecular complexity index is 837. The lowest BCUT2D eigenvalue weighted by Crippen LogP contribution is -2.16. The van der Waals surface area contributed by atoms with Crippen molar-refractivity contribution in [3.05, 3.63) is 76.5 Å². The zero-order chi connectivity index (χ0) is 18.2. The number of halogens is 1. The van der Waals surface area contributed by atoms with Gasteiger partial charge in [-0.15, -0.1) is 0 Å². The fourth-order valence-corrected chi connectivity index (χ4v) is 2.04. The Hall–Kier alpha value is -3.30. The number of nitrogens with zero attached hydrogens (tertiary/aromatic N) is 1. The number of nitrogens with one attached hydrogen (secondary N) is 2. The van der Waals surface area contributed by atoms with Gasteiger partial charge in [0.05, 0.1) is 5.56 Å². The first kappa shape index (κ1) is 18.0. The lowest BCUT2D eigenvalue weighted by molar-refractivity contribution is -0.112. The summed E-state index contributed by atoms with van der Waals surface area (Å²) in [5, 5.41) is 24.0. The van der Waals surface area contributed by atoms with E-state index in [1.165, 1.54) is 18.3 Å². The highest BCUT2D eigenvalue weighted by Crippen LogP contribution is 2.14. The number of nitriles is 1. The largest absolute Gasteiger partial charge is 0.478 e. The van der Waals surface area contributed by atoms with Gasteiger partial charge in [0.2, 0.25) is 0 Å². The molecule has 2 rings (SSSR count). The van der Waals surface area contributed by atoms with Crippen molar-refractivity contribution >= 4 is 29.2 Å². The Morgan fingerprint density at radius 3 is 2.32 bits per heavy atom. The molecule has 126 valence electrons. The standard InChI is InChI=1S/C18H14ClN3O3/c19-15-5-7-16(8-6-15)22-17(23)14(9-20)11-21-10-12-1-3-13(4-2-12)18(24)25/h1-8,11,21H,10H2,(H,22,23)(H,24,25)/b14-11-. The molecule has 7 heteroatoms. The fourth-order valence-electron chi connectivity index (χ4n) is 1.92. The number of carboxylic acids is 1. The van der Waals surface area contributed by atoms with E-state index in [-0.39, 0.29) is 11.1 Å². The molecule has 1 amide bonds. The number of aromatic carboxylic acids is 1. The lowest BCUT2D eigenvalue weighted by Gasteiger charge is -2.06. The highest BCUT2D eigenvalue weighted by molar-refractivity contribution is 6.30. The second kappa shape index (κ2) is 8.52. The molecule has 0 heterocycles. The van der Waals surface area contributed by atoms with Crippen molar-refractivity contribution in [1.82, 2.24) is 5.32 Å². The van der Waals surface area contributed by atoms with Crippen LogP contribution >= 0.6 is 11.6 Å². The van der Waals surface area contributed by atoms with Gasteiger partial charge in [-0.25, -0.2) is 4.79 Å². The summed E-state index contributed by atoms with van der Waals surface area (Å²) in [5.74, 6) is -1.54. The maximum Gasteiger partial charge on any atom is 0.335 e. The van der Waals surface area contributed by atoms with Crippen LogP contribution in [0.5, 0.6) is 0 Å². The second-order valence-corrected chi connectivity index (χ2v) is 5.45. The van der Waals surface area contributed by atoms with E-state index in [0.29, 0.717) is 17.3 Å². The predicted octanol–water partition coefficient (Wildman–Crippen LogP) is 3.17. The van der Waals surface area contributed by atoms with Gasteiger partial charge in [0.15, 0.2) is 0 Å². The van der Waals surface area contributed by atoms with Crippen LogP contribution in [0.1, 0.15) is 15.9 Å². The minimum absolute atomic E-state index is 0.0860. The molecule has 0 saturated carbocycles. The summed E-state index contributed by atoms with van der Waals surface area (Å²) in [6.45, 7) is 0.347. The van der Waals surface area contributed by atoms with Crippen LogP contribution in [-0.2, 0) is 11.3 Å². The lowest BCUT2D eigenvalue weighted by atomic mass is 10.1. The van der Waals surface area contributed by atoms with Crippen LogP contribution in [0.2, 0.25) is 5.02 Å². The maximum absolute atomic E-state index is 12.1. The molecule has 0 spiro atoms. The van der Waals surface area contributed by atoms with Crippen molar-refractivity contribution in [1.29, 1.82) is 5.26 Å². The molecular formula is C18H14ClN3O3. The van der Waals surface area contributed by atoms with Gasteiger partial charge in [-0.2, -0.15) is 5.26 Å². The van der Waals surface area contributed by atoms with E-state index >= 15 is 0 Å². The minimum atomic E-state index is -0.995. The van der Waals surface area contributed by atoms with Crippen LogP contribution in [0.15, 0.2) is 60.3 Å². The van der Waals surface area contributed by atoms with Crippen LogP contribution in [0.4, 0.5) is 5.69 Å². The highest BCUT2D eigenvalue weighted by Gasteiger charge is 2.09. The van der Waals surface area contributed by atoms with Gasteiger partial charge < -0.3 is 15.7 Å². The normalized spacial score (nSPS) is 10.6. The van der Waals surface area contributed by atoms with E-state index in [4.69, 9.17) is 22.0 Å². The molecule has 0 aromatic heterocycles. The second-order valence-electron chi connectivity index (χ2n) is 5.01. The third-order valence-electron chi connectivity index (χ3n) is 3.22. The van der Waals surface area contributed by atoms with Crippen LogP contribution < -0.4 is 10.6 Å². The number of amides is 1. The summed E-state index contributed by atoms with van der Waals surface area (Å²) in [6.07, 6.45) is 1.32. The van der Waals surface area contributed by atoms with Crippen molar-refractivity contribution < 1.29 is 14.7 Å². The molecule has 0 fully saturated rings. The number of carbonyl (C=O) groups is 2. The van der Waals surface area contributed by atoms with Gasteiger partial charge in [-0.05, 0) is 42.0 Å². The summed E-state index contributed by atoms with van der Waals surface area (Å²) in [6, 6.07) is 14.6. The zero-order valence-corrected chi connectivity index (χ0v) is 13.7. The van der Waals surface area contributed by atoms with E-state index in [2.05, 4.69) is 10.6 Å².